The van der Waals surface area contributed by atoms with Gasteiger partial charge in [-0.25, -0.2) is 0 Å². The van der Waals surface area contributed by atoms with Gasteiger partial charge in [-0.15, -0.1) is 11.3 Å². The average molecular weight is 310 g/mol. The Balaban J connectivity index is 1.65. The van der Waals surface area contributed by atoms with Crippen LogP contribution in [0.4, 0.5) is 0 Å². The van der Waals surface area contributed by atoms with Crippen LogP contribution in [0.15, 0.2) is 17.5 Å². The lowest BCUT2D eigenvalue weighted by atomic mass is 9.92. The number of thiophene rings is 1. The molecule has 0 spiro atoms. The Kier molecular flexibility index (Phi) is 6.67. The van der Waals surface area contributed by atoms with Gasteiger partial charge in [-0.3, -0.25) is 4.79 Å². The summed E-state index contributed by atoms with van der Waals surface area (Å²) in [4.78, 5) is 15.5. The highest BCUT2D eigenvalue weighted by molar-refractivity contribution is 7.10. The molecule has 1 fully saturated rings. The van der Waals surface area contributed by atoms with Gasteiger partial charge < -0.3 is 15.0 Å². The zero-order valence-electron chi connectivity index (χ0n) is 13.0. The lowest BCUT2D eigenvalue weighted by Gasteiger charge is -2.28. The third kappa shape index (κ3) is 5.41. The largest absolute Gasteiger partial charge is 0.374 e. The number of carbonyl (C=O) groups is 1. The number of methoxy groups -OCH3 is 1. The number of hydrogen-bond acceptors (Lipinski definition) is 4. The van der Waals surface area contributed by atoms with Crippen molar-refractivity contribution in [3.8, 4) is 0 Å². The Bertz CT molecular complexity index is 414. The van der Waals surface area contributed by atoms with E-state index >= 15 is 0 Å². The molecule has 5 heteroatoms. The Morgan fingerprint density at radius 3 is 2.90 bits per heavy atom. The van der Waals surface area contributed by atoms with Crippen molar-refractivity contribution in [1.82, 2.24) is 10.2 Å². The first-order chi connectivity index (χ1) is 10.2. The third-order valence-electron chi connectivity index (χ3n) is 4.25. The molecule has 0 radical (unpaired) electrons. The van der Waals surface area contributed by atoms with Crippen LogP contribution in [0.25, 0.3) is 0 Å². The fourth-order valence-corrected chi connectivity index (χ4v) is 3.56. The number of piperidine rings is 1. The van der Waals surface area contributed by atoms with Gasteiger partial charge in [0.2, 0.25) is 5.91 Å². The predicted octanol–water partition coefficient (Wildman–Crippen LogP) is 2.67. The van der Waals surface area contributed by atoms with E-state index in [9.17, 15) is 4.79 Å². The molecule has 1 aromatic rings. The van der Waals surface area contributed by atoms with Gasteiger partial charge in [0.1, 0.15) is 6.10 Å². The van der Waals surface area contributed by atoms with E-state index in [0.717, 1.165) is 24.4 Å². The van der Waals surface area contributed by atoms with Gasteiger partial charge in [0, 0.05) is 25.0 Å². The summed E-state index contributed by atoms with van der Waals surface area (Å²) in [7, 11) is 3.85. The number of nitrogens with one attached hydrogen (secondary N) is 1. The summed E-state index contributed by atoms with van der Waals surface area (Å²) in [6.45, 7) is 2.88. The quantitative estimate of drug-likeness (QED) is 0.842. The first kappa shape index (κ1) is 16.5. The molecule has 21 heavy (non-hydrogen) atoms. The molecule has 1 aromatic heterocycles. The molecule has 1 N–H and O–H groups in total. The summed E-state index contributed by atoms with van der Waals surface area (Å²) in [5.41, 5.74) is 0. The van der Waals surface area contributed by atoms with Crippen LogP contribution in [-0.2, 0) is 9.53 Å². The normalized spacial score (nSPS) is 18.6. The van der Waals surface area contributed by atoms with Crippen LogP contribution in [0.2, 0.25) is 0 Å². The maximum atomic E-state index is 12.0. The standard InChI is InChI=1S/C16H26N2O2S/c1-18-9-7-13(8-10-18)5-6-16(19)17-12-14(20-2)15-4-3-11-21-15/h3-4,11,13-14H,5-10,12H2,1-2H3,(H,17,19). The van der Waals surface area contributed by atoms with E-state index in [-0.39, 0.29) is 12.0 Å². The van der Waals surface area contributed by atoms with Gasteiger partial charge in [0.05, 0.1) is 0 Å². The molecule has 0 saturated carbocycles. The zero-order valence-corrected chi connectivity index (χ0v) is 13.8. The van der Waals surface area contributed by atoms with E-state index in [1.165, 1.54) is 12.8 Å². The maximum Gasteiger partial charge on any atom is 0.220 e. The fraction of sp³-hybridized carbons (Fsp3) is 0.688. The van der Waals surface area contributed by atoms with Crippen molar-refractivity contribution < 1.29 is 9.53 Å². The van der Waals surface area contributed by atoms with E-state index < -0.39 is 0 Å². The van der Waals surface area contributed by atoms with Crippen LogP contribution in [-0.4, -0.2) is 44.6 Å². The van der Waals surface area contributed by atoms with Gasteiger partial charge in [0.15, 0.2) is 0 Å². The highest BCUT2D eigenvalue weighted by Gasteiger charge is 2.18. The molecule has 1 aliphatic heterocycles. The van der Waals surface area contributed by atoms with Gasteiger partial charge in [-0.1, -0.05) is 6.07 Å². The van der Waals surface area contributed by atoms with E-state index in [2.05, 4.69) is 17.3 Å². The van der Waals surface area contributed by atoms with Gasteiger partial charge >= 0.3 is 0 Å². The number of nitrogens with zero attached hydrogens (tertiary/aromatic N) is 1. The number of likely N-dealkylation sites (tertiary alicyclic amines) is 1. The van der Waals surface area contributed by atoms with Crippen LogP contribution in [0.1, 0.15) is 36.7 Å². The first-order valence-electron chi connectivity index (χ1n) is 7.70. The van der Waals surface area contributed by atoms with E-state index in [1.807, 2.05) is 17.5 Å². The minimum absolute atomic E-state index is 0.0303. The van der Waals surface area contributed by atoms with Crippen molar-refractivity contribution >= 4 is 17.2 Å². The van der Waals surface area contributed by atoms with Crippen LogP contribution in [0, 0.1) is 5.92 Å². The van der Waals surface area contributed by atoms with Crippen molar-refractivity contribution in [2.24, 2.45) is 5.92 Å². The zero-order chi connectivity index (χ0) is 15.1. The summed E-state index contributed by atoms with van der Waals surface area (Å²) in [5, 5.41) is 5.03. The van der Waals surface area contributed by atoms with E-state index in [1.54, 1.807) is 18.4 Å². The molecule has 2 rings (SSSR count). The van der Waals surface area contributed by atoms with Crippen molar-refractivity contribution in [3.05, 3.63) is 22.4 Å². The van der Waals surface area contributed by atoms with E-state index in [0.29, 0.717) is 18.9 Å². The molecule has 0 aromatic carbocycles. The molecule has 118 valence electrons. The molecule has 0 bridgehead atoms. The third-order valence-corrected chi connectivity index (χ3v) is 5.21. The van der Waals surface area contributed by atoms with Crippen LogP contribution >= 0.6 is 11.3 Å². The summed E-state index contributed by atoms with van der Waals surface area (Å²) < 4.78 is 5.44. The summed E-state index contributed by atoms with van der Waals surface area (Å²) in [6.07, 6.45) is 4.06. The Labute approximate surface area is 131 Å². The van der Waals surface area contributed by atoms with Gasteiger partial charge in [-0.05, 0) is 56.8 Å². The Hall–Kier alpha value is -0.910. The second-order valence-electron chi connectivity index (χ2n) is 5.83. The molecule has 2 heterocycles. The van der Waals surface area contributed by atoms with Gasteiger partial charge in [0.25, 0.3) is 0 Å². The molecule has 1 unspecified atom stereocenters. The Morgan fingerprint density at radius 2 is 2.29 bits per heavy atom. The molecule has 1 amide bonds. The predicted molar refractivity (Wildman–Crippen MR) is 86.5 cm³/mol. The molecule has 4 nitrogen and oxygen atoms in total. The second kappa shape index (κ2) is 8.51. The number of carbonyl (C=O) groups excluding carboxylic acids is 1. The molecule has 1 aliphatic rings. The molecule has 0 aliphatic carbocycles. The maximum absolute atomic E-state index is 12.0. The SMILES string of the molecule is COC(CNC(=O)CCC1CCN(C)CC1)c1cccs1. The Morgan fingerprint density at radius 1 is 1.52 bits per heavy atom. The second-order valence-corrected chi connectivity index (χ2v) is 6.81. The summed E-state index contributed by atoms with van der Waals surface area (Å²) >= 11 is 1.66. The molecular weight excluding hydrogens is 284 g/mol. The minimum Gasteiger partial charge on any atom is -0.374 e. The topological polar surface area (TPSA) is 41.6 Å². The molecular formula is C16H26N2O2S. The van der Waals surface area contributed by atoms with Gasteiger partial charge in [-0.2, -0.15) is 0 Å². The number of amides is 1. The number of rotatable bonds is 7. The highest BCUT2D eigenvalue weighted by Crippen LogP contribution is 2.22. The van der Waals surface area contributed by atoms with Crippen molar-refractivity contribution in [2.45, 2.75) is 31.8 Å². The van der Waals surface area contributed by atoms with Crippen molar-refractivity contribution in [2.75, 3.05) is 33.8 Å². The van der Waals surface area contributed by atoms with Crippen LogP contribution in [0.3, 0.4) is 0 Å². The van der Waals surface area contributed by atoms with Crippen LogP contribution < -0.4 is 5.32 Å². The van der Waals surface area contributed by atoms with Crippen LogP contribution in [0.5, 0.6) is 0 Å². The molecule has 1 atom stereocenters. The van der Waals surface area contributed by atoms with Crippen molar-refractivity contribution in [1.29, 1.82) is 0 Å². The first-order valence-corrected chi connectivity index (χ1v) is 8.58. The highest BCUT2D eigenvalue weighted by atomic mass is 32.1. The molecule has 1 saturated heterocycles. The summed E-state index contributed by atoms with van der Waals surface area (Å²) in [6, 6.07) is 4.05. The fourth-order valence-electron chi connectivity index (χ4n) is 2.76. The monoisotopic (exact) mass is 310 g/mol. The lowest BCUT2D eigenvalue weighted by molar-refractivity contribution is -0.122. The minimum atomic E-state index is -0.0303. The lowest BCUT2D eigenvalue weighted by Crippen LogP contribution is -2.32. The average Bonchev–Trinajstić information content (AvgIpc) is 3.01. The smallest absolute Gasteiger partial charge is 0.220 e. The number of hydrogen-bond donors (Lipinski definition) is 1. The summed E-state index contributed by atoms with van der Waals surface area (Å²) in [5.74, 6) is 0.856. The van der Waals surface area contributed by atoms with Crippen molar-refractivity contribution in [3.63, 3.8) is 0 Å². The van der Waals surface area contributed by atoms with E-state index in [4.69, 9.17) is 4.74 Å². The number of ether oxygens (including phenoxy) is 1.